The Labute approximate surface area is 274 Å². The molecule has 0 spiro atoms. The van der Waals surface area contributed by atoms with Crippen molar-refractivity contribution in [1.29, 1.82) is 0 Å². The Hall–Kier alpha value is -3.95. The summed E-state index contributed by atoms with van der Waals surface area (Å²) in [5.74, 6) is 3.09. The number of nitrogens with one attached hydrogen (secondary N) is 1. The summed E-state index contributed by atoms with van der Waals surface area (Å²) < 4.78 is 22.0. The summed E-state index contributed by atoms with van der Waals surface area (Å²) in [6.45, 7) is 10.6. The first kappa shape index (κ1) is 30.7. The normalized spacial score (nSPS) is 20.1. The Morgan fingerprint density at radius 1 is 0.978 bits per heavy atom. The summed E-state index contributed by atoms with van der Waals surface area (Å²) in [7, 11) is 0. The summed E-state index contributed by atoms with van der Waals surface area (Å²) >= 11 is 1.52. The smallest absolute Gasteiger partial charge is 0.245 e. The minimum atomic E-state index is 0.143. The van der Waals surface area contributed by atoms with Gasteiger partial charge in [0.15, 0.2) is 0 Å². The molecule has 3 aromatic heterocycles. The maximum atomic E-state index is 6.66. The maximum Gasteiger partial charge on any atom is 0.245 e. The zero-order chi connectivity index (χ0) is 31.6. The monoisotopic (exact) mass is 635 g/mol. The van der Waals surface area contributed by atoms with E-state index in [1.807, 2.05) is 18.3 Å². The van der Waals surface area contributed by atoms with E-state index >= 15 is 0 Å². The average molecular weight is 636 g/mol. The van der Waals surface area contributed by atoms with Crippen LogP contribution in [0.1, 0.15) is 73.1 Å². The van der Waals surface area contributed by atoms with Gasteiger partial charge in [-0.3, -0.25) is 4.72 Å². The second kappa shape index (κ2) is 13.4. The van der Waals surface area contributed by atoms with E-state index in [2.05, 4.69) is 79.9 Å². The Morgan fingerprint density at radius 3 is 2.63 bits per heavy atom. The van der Waals surface area contributed by atoms with Gasteiger partial charge in [-0.2, -0.15) is 4.98 Å². The van der Waals surface area contributed by atoms with Gasteiger partial charge in [-0.15, -0.1) is 0 Å². The van der Waals surface area contributed by atoms with Gasteiger partial charge in [-0.1, -0.05) is 44.2 Å². The molecule has 1 saturated heterocycles. The van der Waals surface area contributed by atoms with Gasteiger partial charge in [0.2, 0.25) is 17.5 Å². The summed E-state index contributed by atoms with van der Waals surface area (Å²) in [6, 6.07) is 19.1. The molecule has 2 aliphatic heterocycles. The minimum absolute atomic E-state index is 0.143. The van der Waals surface area contributed by atoms with Crippen LogP contribution < -0.4 is 9.46 Å². The first-order valence-electron chi connectivity index (χ1n) is 16.3. The van der Waals surface area contributed by atoms with E-state index in [0.29, 0.717) is 30.1 Å². The first-order valence-corrected chi connectivity index (χ1v) is 17.2. The van der Waals surface area contributed by atoms with E-state index < -0.39 is 0 Å². The van der Waals surface area contributed by atoms with E-state index in [-0.39, 0.29) is 17.8 Å². The molecule has 7 rings (SSSR count). The minimum Gasteiger partial charge on any atom is -0.477 e. The standard InChI is InChI=1S/C37H41N5O3S/c1-22(2)33-17-32-36(45-33)38-19-28(39-32)16-30-26-11-6-12-29(15-26)46-42-37-40-31(35-23(3)8-5-9-24(35)4)18-34(41-37)44-21-27(30)14-25-10-7-13-43-20-25/h5-6,8-9,11-12,15,17-19,22,25,27,30H,7,10,13-14,16,20-21H2,1-4H3,(H,40,41,42). The molecule has 4 bridgehead atoms. The van der Waals surface area contributed by atoms with Crippen LogP contribution in [0.25, 0.3) is 22.5 Å². The van der Waals surface area contributed by atoms with Crippen molar-refractivity contribution < 1.29 is 13.9 Å². The molecule has 3 atom stereocenters. The van der Waals surface area contributed by atoms with Crippen molar-refractivity contribution in [2.24, 2.45) is 11.8 Å². The van der Waals surface area contributed by atoms with Gasteiger partial charge in [0.1, 0.15) is 11.3 Å². The third-order valence-electron chi connectivity index (χ3n) is 9.20. The maximum absolute atomic E-state index is 6.66. The number of aromatic nitrogens is 4. The molecule has 5 heterocycles. The molecule has 9 heteroatoms. The Kier molecular flexibility index (Phi) is 8.95. The molecule has 0 saturated carbocycles. The highest BCUT2D eigenvalue weighted by atomic mass is 32.2. The van der Waals surface area contributed by atoms with Crippen LogP contribution in [0.3, 0.4) is 0 Å². The molecule has 46 heavy (non-hydrogen) atoms. The fraction of sp³-hybridized carbons (Fsp3) is 0.405. The topological polar surface area (TPSA) is 95.2 Å². The second-order valence-corrected chi connectivity index (χ2v) is 13.9. The van der Waals surface area contributed by atoms with Crippen molar-refractivity contribution in [2.75, 3.05) is 24.5 Å². The number of hydrogen-bond donors (Lipinski definition) is 1. The van der Waals surface area contributed by atoms with E-state index in [0.717, 1.165) is 72.0 Å². The Bertz CT molecular complexity index is 1810. The Balaban J connectivity index is 1.28. The zero-order valence-corrected chi connectivity index (χ0v) is 27.8. The number of benzene rings is 2. The van der Waals surface area contributed by atoms with E-state index in [4.69, 9.17) is 28.8 Å². The lowest BCUT2D eigenvalue weighted by molar-refractivity contribution is 0.0383. The highest BCUT2D eigenvalue weighted by Crippen LogP contribution is 2.38. The number of furan rings is 1. The molecule has 238 valence electrons. The van der Waals surface area contributed by atoms with Gasteiger partial charge < -0.3 is 13.9 Å². The lowest BCUT2D eigenvalue weighted by Crippen LogP contribution is -2.28. The van der Waals surface area contributed by atoms with Crippen LogP contribution >= 0.6 is 11.9 Å². The SMILES string of the molecule is Cc1cccc(C)c1-c1cc2nc(n1)NSc1cccc(c1)C(Cc1cnc3oc(C(C)C)cc3n1)C(CC1CCCOC1)CO2. The predicted octanol–water partition coefficient (Wildman–Crippen LogP) is 8.69. The van der Waals surface area contributed by atoms with Gasteiger partial charge in [0.05, 0.1) is 24.2 Å². The quantitative estimate of drug-likeness (QED) is 0.184. The van der Waals surface area contributed by atoms with Gasteiger partial charge >= 0.3 is 0 Å². The molecular formula is C37H41N5O3S. The molecule has 2 aliphatic rings. The number of fused-ring (bicyclic) bond motifs is 5. The van der Waals surface area contributed by atoms with Gasteiger partial charge in [0.25, 0.3) is 0 Å². The number of nitrogens with zero attached hydrogens (tertiary/aromatic N) is 4. The van der Waals surface area contributed by atoms with Crippen LogP contribution in [0.15, 0.2) is 70.1 Å². The highest BCUT2D eigenvalue weighted by molar-refractivity contribution is 8.00. The molecule has 0 radical (unpaired) electrons. The van der Waals surface area contributed by atoms with Crippen molar-refractivity contribution in [2.45, 2.75) is 70.1 Å². The van der Waals surface area contributed by atoms with E-state index in [9.17, 15) is 0 Å². The van der Waals surface area contributed by atoms with Crippen LogP contribution in [0, 0.1) is 25.7 Å². The van der Waals surface area contributed by atoms with Crippen molar-refractivity contribution in [3.05, 3.63) is 88.9 Å². The van der Waals surface area contributed by atoms with Crippen LogP contribution in [0.2, 0.25) is 0 Å². The third-order valence-corrected chi connectivity index (χ3v) is 9.97. The van der Waals surface area contributed by atoms with Crippen LogP contribution in [0.4, 0.5) is 5.95 Å². The third kappa shape index (κ3) is 6.76. The summed E-state index contributed by atoms with van der Waals surface area (Å²) in [5.41, 5.74) is 7.91. The highest BCUT2D eigenvalue weighted by Gasteiger charge is 2.30. The lowest BCUT2D eigenvalue weighted by atomic mass is 9.77. The average Bonchev–Trinajstić information content (AvgIpc) is 3.49. The molecule has 2 aromatic carbocycles. The number of ether oxygens (including phenoxy) is 2. The van der Waals surface area contributed by atoms with Crippen molar-refractivity contribution in [3.63, 3.8) is 0 Å². The summed E-state index contributed by atoms with van der Waals surface area (Å²) in [6.07, 6.45) is 5.85. The molecule has 1 fully saturated rings. The second-order valence-electron chi connectivity index (χ2n) is 13.0. The predicted molar refractivity (Wildman–Crippen MR) is 182 cm³/mol. The molecule has 5 aromatic rings. The number of aryl methyl sites for hydroxylation is 2. The van der Waals surface area contributed by atoms with Gasteiger partial charge in [-0.05, 0) is 92.1 Å². The molecule has 3 unspecified atom stereocenters. The van der Waals surface area contributed by atoms with Crippen LogP contribution in [0.5, 0.6) is 5.88 Å². The molecular weight excluding hydrogens is 595 g/mol. The van der Waals surface area contributed by atoms with Gasteiger partial charge in [0, 0.05) is 47.6 Å². The summed E-state index contributed by atoms with van der Waals surface area (Å²) in [5, 5.41) is 0. The van der Waals surface area contributed by atoms with Crippen molar-refractivity contribution >= 4 is 29.1 Å². The Morgan fingerprint density at radius 2 is 1.83 bits per heavy atom. The number of anilines is 1. The van der Waals surface area contributed by atoms with Crippen LogP contribution in [-0.4, -0.2) is 39.8 Å². The zero-order valence-electron chi connectivity index (χ0n) is 27.0. The van der Waals surface area contributed by atoms with Crippen molar-refractivity contribution in [3.8, 4) is 17.1 Å². The number of hydrogen-bond acceptors (Lipinski definition) is 9. The lowest BCUT2D eigenvalue weighted by Gasteiger charge is -2.32. The van der Waals surface area contributed by atoms with Gasteiger partial charge in [-0.25, -0.2) is 15.0 Å². The fourth-order valence-corrected chi connectivity index (χ4v) is 7.45. The first-order chi connectivity index (χ1) is 22.4. The molecule has 1 N–H and O–H groups in total. The molecule has 0 amide bonds. The summed E-state index contributed by atoms with van der Waals surface area (Å²) in [4.78, 5) is 20.6. The largest absolute Gasteiger partial charge is 0.477 e. The molecule has 0 aliphatic carbocycles. The van der Waals surface area contributed by atoms with Crippen LogP contribution in [-0.2, 0) is 11.2 Å². The van der Waals surface area contributed by atoms with Crippen molar-refractivity contribution in [1.82, 2.24) is 19.9 Å². The fourth-order valence-electron chi connectivity index (χ4n) is 6.81. The van der Waals surface area contributed by atoms with E-state index in [1.165, 1.54) is 28.6 Å². The van der Waals surface area contributed by atoms with E-state index in [1.54, 1.807) is 0 Å². The molecule has 8 nitrogen and oxygen atoms in total. The number of rotatable bonds is 6.